The predicted molar refractivity (Wildman–Crippen MR) is 143 cm³/mol. The van der Waals surface area contributed by atoms with Gasteiger partial charge in [-0.1, -0.05) is 29.8 Å². The number of anilines is 1. The molecule has 5 rings (SSSR count). The van der Waals surface area contributed by atoms with E-state index in [4.69, 9.17) is 22.1 Å². The fraction of sp³-hybridized carbons (Fsp3) is 0.240. The maximum Gasteiger partial charge on any atom is 0.321 e. The number of carbonyl (C=O) groups excluding carboxylic acids is 2. The van der Waals surface area contributed by atoms with Gasteiger partial charge in [0.25, 0.3) is 10.0 Å². The van der Waals surface area contributed by atoms with Crippen LogP contribution in [0.3, 0.4) is 0 Å². The number of nitrogens with two attached hydrogens (primary N) is 1. The lowest BCUT2D eigenvalue weighted by Crippen LogP contribution is -2.47. The summed E-state index contributed by atoms with van der Waals surface area (Å²) in [5.74, 6) is -1.13. The van der Waals surface area contributed by atoms with Crippen molar-refractivity contribution in [1.29, 1.82) is 0 Å². The number of methoxy groups -OCH3 is 1. The molecule has 2 aromatic carbocycles. The summed E-state index contributed by atoms with van der Waals surface area (Å²) in [4.78, 5) is 31.6. The first-order chi connectivity index (χ1) is 17.7. The van der Waals surface area contributed by atoms with Crippen molar-refractivity contribution in [3.8, 4) is 0 Å². The van der Waals surface area contributed by atoms with Crippen molar-refractivity contribution in [1.82, 2.24) is 14.2 Å². The molecule has 1 aliphatic heterocycles. The predicted octanol–water partition coefficient (Wildman–Crippen LogP) is 3.65. The molecule has 0 bridgehead atoms. The maximum atomic E-state index is 13.7. The van der Waals surface area contributed by atoms with Crippen molar-refractivity contribution >= 4 is 71.5 Å². The standard InChI is InChI=1S/C25H23ClN4O5S2/c1-35-23(31)14-30(37(33,34)24-11-16-3-4-17(26)12-22(16)36-24)21-7-9-29(25(21)32)13-15-2-5-18-19(27)6-8-28-20(18)10-15/h2-6,8,10-12,21H,7,9,13-14H2,1H3,(H2,27,28)/t21-/m0/s1. The molecular formula is C25H23ClN4O5S2. The number of benzene rings is 2. The number of nitrogens with zero attached hydrogens (tertiary/aromatic N) is 3. The molecule has 1 fully saturated rings. The van der Waals surface area contributed by atoms with Crippen molar-refractivity contribution in [2.45, 2.75) is 23.2 Å². The number of amides is 1. The minimum absolute atomic E-state index is 0.0260. The number of pyridine rings is 1. The number of fused-ring (bicyclic) bond motifs is 2. The minimum Gasteiger partial charge on any atom is -0.468 e. The quantitative estimate of drug-likeness (QED) is 0.343. The van der Waals surface area contributed by atoms with Gasteiger partial charge in [-0.3, -0.25) is 14.6 Å². The average Bonchev–Trinajstić information content (AvgIpc) is 3.46. The fourth-order valence-corrected chi connectivity index (χ4v) is 7.82. The Hall–Kier alpha value is -3.25. The van der Waals surface area contributed by atoms with E-state index in [2.05, 4.69) is 4.98 Å². The summed E-state index contributed by atoms with van der Waals surface area (Å²) in [6, 6.07) is 12.9. The number of aromatic nitrogens is 1. The van der Waals surface area contributed by atoms with Gasteiger partial charge >= 0.3 is 5.97 Å². The Kier molecular flexibility index (Phi) is 6.80. The highest BCUT2D eigenvalue weighted by atomic mass is 35.5. The molecular weight excluding hydrogens is 536 g/mol. The summed E-state index contributed by atoms with van der Waals surface area (Å²) in [5, 5.41) is 2.01. The third kappa shape index (κ3) is 4.87. The molecule has 0 saturated carbocycles. The summed E-state index contributed by atoms with van der Waals surface area (Å²) in [6.45, 7) is 0.0353. The zero-order valence-electron chi connectivity index (χ0n) is 19.8. The highest BCUT2D eigenvalue weighted by molar-refractivity contribution is 7.91. The molecule has 0 spiro atoms. The van der Waals surface area contributed by atoms with Gasteiger partial charge in [0, 0.05) is 40.1 Å². The summed E-state index contributed by atoms with van der Waals surface area (Å²) in [6.07, 6.45) is 1.86. The number of esters is 1. The molecule has 3 heterocycles. The first-order valence-corrected chi connectivity index (χ1v) is 14.0. The molecule has 1 saturated heterocycles. The summed E-state index contributed by atoms with van der Waals surface area (Å²) in [7, 11) is -3.01. The van der Waals surface area contributed by atoms with E-state index >= 15 is 0 Å². The second-order valence-corrected chi connectivity index (χ2v) is 12.3. The number of rotatable bonds is 7. The van der Waals surface area contributed by atoms with Crippen molar-refractivity contribution in [3.05, 3.63) is 65.3 Å². The zero-order chi connectivity index (χ0) is 26.3. The number of carbonyl (C=O) groups is 2. The van der Waals surface area contributed by atoms with Crippen LogP contribution in [0.25, 0.3) is 21.0 Å². The summed E-state index contributed by atoms with van der Waals surface area (Å²) in [5.41, 5.74) is 8.16. The van der Waals surface area contributed by atoms with Crippen LogP contribution < -0.4 is 5.73 Å². The Bertz CT molecular complexity index is 1640. The van der Waals surface area contributed by atoms with E-state index in [0.29, 0.717) is 32.9 Å². The SMILES string of the molecule is COC(=O)CN([C@H]1CCN(Cc2ccc3c(N)ccnc3c2)C1=O)S(=O)(=O)c1cc2ccc(Cl)cc2s1. The lowest BCUT2D eigenvalue weighted by molar-refractivity contribution is -0.141. The molecule has 192 valence electrons. The van der Waals surface area contributed by atoms with Gasteiger partial charge in [-0.2, -0.15) is 4.31 Å². The molecule has 0 unspecified atom stereocenters. The molecule has 4 aromatic rings. The van der Waals surface area contributed by atoms with Crippen molar-refractivity contribution in [2.24, 2.45) is 0 Å². The number of halogens is 1. The Morgan fingerprint density at radius 3 is 2.84 bits per heavy atom. The molecule has 1 atom stereocenters. The second kappa shape index (κ2) is 9.90. The monoisotopic (exact) mass is 558 g/mol. The van der Waals surface area contributed by atoms with Gasteiger partial charge in [-0.05, 0) is 47.7 Å². The Balaban J connectivity index is 1.43. The van der Waals surface area contributed by atoms with Crippen LogP contribution in [0, 0.1) is 0 Å². The molecule has 12 heteroatoms. The van der Waals surface area contributed by atoms with Crippen LogP contribution >= 0.6 is 22.9 Å². The normalized spacial score (nSPS) is 16.2. The fourth-order valence-electron chi connectivity index (χ4n) is 4.46. The number of sulfonamides is 1. The van der Waals surface area contributed by atoms with Gasteiger partial charge < -0.3 is 15.4 Å². The topological polar surface area (TPSA) is 123 Å². The molecule has 0 aliphatic carbocycles. The Morgan fingerprint density at radius 2 is 2.05 bits per heavy atom. The van der Waals surface area contributed by atoms with Gasteiger partial charge in [0.05, 0.1) is 12.6 Å². The van der Waals surface area contributed by atoms with Gasteiger partial charge in [0.2, 0.25) is 5.91 Å². The van der Waals surface area contributed by atoms with Crippen LogP contribution in [0.4, 0.5) is 5.69 Å². The van der Waals surface area contributed by atoms with Crippen LogP contribution in [0.15, 0.2) is 58.9 Å². The number of likely N-dealkylation sites (tertiary alicyclic amines) is 1. The number of hydrogen-bond donors (Lipinski definition) is 1. The third-order valence-electron chi connectivity index (χ3n) is 6.37. The average molecular weight is 559 g/mol. The van der Waals surface area contributed by atoms with Crippen molar-refractivity contribution < 1.29 is 22.7 Å². The molecule has 2 N–H and O–H groups in total. The number of thiophene rings is 1. The zero-order valence-corrected chi connectivity index (χ0v) is 22.1. The van der Waals surface area contributed by atoms with Gasteiger partial charge in [-0.15, -0.1) is 11.3 Å². The van der Waals surface area contributed by atoms with Crippen LogP contribution in [-0.4, -0.2) is 60.7 Å². The smallest absolute Gasteiger partial charge is 0.321 e. The molecule has 1 aliphatic rings. The molecule has 0 radical (unpaired) electrons. The highest BCUT2D eigenvalue weighted by Gasteiger charge is 2.43. The minimum atomic E-state index is -4.19. The number of hydrogen-bond acceptors (Lipinski definition) is 8. The van der Waals surface area contributed by atoms with Crippen molar-refractivity contribution in [3.63, 3.8) is 0 Å². The van der Waals surface area contributed by atoms with Gasteiger partial charge in [0.15, 0.2) is 0 Å². The number of ether oxygens (including phenoxy) is 1. The number of nitrogen functional groups attached to an aromatic ring is 1. The first kappa shape index (κ1) is 25.4. The lowest BCUT2D eigenvalue weighted by Gasteiger charge is -2.26. The van der Waals surface area contributed by atoms with Crippen LogP contribution in [0.5, 0.6) is 0 Å². The molecule has 9 nitrogen and oxygen atoms in total. The van der Waals surface area contributed by atoms with E-state index in [-0.39, 0.29) is 23.1 Å². The first-order valence-electron chi connectivity index (χ1n) is 11.4. The van der Waals surface area contributed by atoms with E-state index in [1.165, 1.54) is 13.2 Å². The lowest BCUT2D eigenvalue weighted by atomic mass is 10.1. The van der Waals surface area contributed by atoms with E-state index in [1.807, 2.05) is 18.2 Å². The molecule has 2 aromatic heterocycles. The molecule has 1 amide bonds. The summed E-state index contributed by atoms with van der Waals surface area (Å²) < 4.78 is 33.9. The Morgan fingerprint density at radius 1 is 1.24 bits per heavy atom. The van der Waals surface area contributed by atoms with Gasteiger partial charge in [-0.25, -0.2) is 8.42 Å². The van der Waals surface area contributed by atoms with Gasteiger partial charge in [0.1, 0.15) is 16.8 Å². The van der Waals surface area contributed by atoms with Crippen LogP contribution in [-0.2, 0) is 30.9 Å². The largest absolute Gasteiger partial charge is 0.468 e. The third-order valence-corrected chi connectivity index (χ3v) is 10.0. The highest BCUT2D eigenvalue weighted by Crippen LogP contribution is 2.35. The second-order valence-electron chi connectivity index (χ2n) is 8.69. The van der Waals surface area contributed by atoms with Crippen LogP contribution in [0.1, 0.15) is 12.0 Å². The van der Waals surface area contributed by atoms with E-state index < -0.39 is 28.6 Å². The Labute approximate surface area is 222 Å². The van der Waals surface area contributed by atoms with E-state index in [1.54, 1.807) is 35.4 Å². The summed E-state index contributed by atoms with van der Waals surface area (Å²) >= 11 is 7.10. The van der Waals surface area contributed by atoms with E-state index in [9.17, 15) is 18.0 Å². The maximum absolute atomic E-state index is 13.7. The van der Waals surface area contributed by atoms with E-state index in [0.717, 1.165) is 26.6 Å². The van der Waals surface area contributed by atoms with Crippen molar-refractivity contribution in [2.75, 3.05) is 25.9 Å². The van der Waals surface area contributed by atoms with Crippen LogP contribution in [0.2, 0.25) is 5.02 Å². The molecule has 37 heavy (non-hydrogen) atoms.